The largest absolute Gasteiger partial charge is 0.397 e. The molecule has 19 heavy (non-hydrogen) atoms. The quantitative estimate of drug-likeness (QED) is 0.845. The maximum Gasteiger partial charge on any atom is 0.266 e. The molecule has 0 aromatic carbocycles. The summed E-state index contributed by atoms with van der Waals surface area (Å²) in [6.45, 7) is 3.72. The van der Waals surface area contributed by atoms with Crippen molar-refractivity contribution in [3.05, 3.63) is 17.1 Å². The van der Waals surface area contributed by atoms with Crippen LogP contribution in [0.1, 0.15) is 16.6 Å². The first-order chi connectivity index (χ1) is 9.16. The third-order valence-corrected chi connectivity index (χ3v) is 4.24. The van der Waals surface area contributed by atoms with E-state index < -0.39 is 0 Å². The molecule has 0 bridgehead atoms. The van der Waals surface area contributed by atoms with Gasteiger partial charge >= 0.3 is 0 Å². The lowest BCUT2D eigenvalue weighted by atomic mass is 10.2. The monoisotopic (exact) mass is 278 g/mol. The molecular weight excluding hydrogens is 264 g/mol. The molecule has 2 N–H and O–H groups in total. The van der Waals surface area contributed by atoms with Crippen LogP contribution in [0.15, 0.2) is 12.3 Å². The van der Waals surface area contributed by atoms with E-state index in [0.717, 1.165) is 5.39 Å². The highest BCUT2D eigenvalue weighted by Crippen LogP contribution is 2.32. The van der Waals surface area contributed by atoms with Crippen LogP contribution in [0.25, 0.3) is 10.2 Å². The number of amides is 1. The summed E-state index contributed by atoms with van der Waals surface area (Å²) in [5, 5.41) is 8.61. The second kappa shape index (κ2) is 4.75. The van der Waals surface area contributed by atoms with Gasteiger partial charge in [0.05, 0.1) is 24.6 Å². The van der Waals surface area contributed by atoms with E-state index in [4.69, 9.17) is 10.5 Å². The number of hydrogen-bond donors (Lipinski definition) is 1. The number of rotatable bonds is 1. The van der Waals surface area contributed by atoms with Crippen molar-refractivity contribution in [3.8, 4) is 0 Å². The van der Waals surface area contributed by atoms with Gasteiger partial charge in [0.2, 0.25) is 0 Å². The van der Waals surface area contributed by atoms with Crippen LogP contribution in [0.5, 0.6) is 0 Å². The standard InChI is InChI=1S/C12H14N4O2S/c1-7-6-16(4-5-18-7)12(17)10-9(13)8-2-3-14-15-11(8)19-10/h2-3,7H,4-6,13H2,1H3. The molecule has 100 valence electrons. The minimum Gasteiger partial charge on any atom is -0.397 e. The zero-order valence-corrected chi connectivity index (χ0v) is 11.3. The van der Waals surface area contributed by atoms with E-state index in [1.807, 2.05) is 6.92 Å². The minimum absolute atomic E-state index is 0.0457. The van der Waals surface area contributed by atoms with Crippen LogP contribution in [0.4, 0.5) is 5.69 Å². The molecule has 1 amide bonds. The lowest BCUT2D eigenvalue weighted by molar-refractivity contribution is -0.0122. The Morgan fingerprint density at radius 1 is 1.63 bits per heavy atom. The summed E-state index contributed by atoms with van der Waals surface area (Å²) < 4.78 is 5.44. The Labute approximate surface area is 114 Å². The average Bonchev–Trinajstić information content (AvgIpc) is 2.76. The molecule has 1 saturated heterocycles. The molecule has 6 nitrogen and oxygen atoms in total. The third-order valence-electron chi connectivity index (χ3n) is 3.14. The Morgan fingerprint density at radius 3 is 3.21 bits per heavy atom. The molecule has 3 rings (SSSR count). The number of thiophene rings is 1. The molecule has 3 heterocycles. The van der Waals surface area contributed by atoms with Crippen LogP contribution < -0.4 is 5.73 Å². The van der Waals surface area contributed by atoms with E-state index in [1.54, 1.807) is 17.2 Å². The molecule has 2 aromatic rings. The highest BCUT2D eigenvalue weighted by Gasteiger charge is 2.26. The lowest BCUT2D eigenvalue weighted by Gasteiger charge is -2.30. The molecule has 1 fully saturated rings. The molecule has 1 unspecified atom stereocenters. The van der Waals surface area contributed by atoms with Crippen LogP contribution >= 0.6 is 11.3 Å². The third kappa shape index (κ3) is 2.15. The number of nitrogens with two attached hydrogens (primary N) is 1. The highest BCUT2D eigenvalue weighted by atomic mass is 32.1. The maximum atomic E-state index is 12.5. The number of anilines is 1. The highest BCUT2D eigenvalue weighted by molar-refractivity contribution is 7.21. The summed E-state index contributed by atoms with van der Waals surface area (Å²) in [7, 11) is 0. The van der Waals surface area contributed by atoms with Gasteiger partial charge in [-0.1, -0.05) is 0 Å². The van der Waals surface area contributed by atoms with Gasteiger partial charge in [-0.3, -0.25) is 4.79 Å². The number of fused-ring (bicyclic) bond motifs is 1. The van der Waals surface area contributed by atoms with E-state index in [2.05, 4.69) is 10.2 Å². The van der Waals surface area contributed by atoms with E-state index in [9.17, 15) is 4.79 Å². The Hall–Kier alpha value is -1.73. The molecule has 1 aliphatic rings. The van der Waals surface area contributed by atoms with Crippen LogP contribution in [-0.4, -0.2) is 46.8 Å². The van der Waals surface area contributed by atoms with Crippen LogP contribution in [0.2, 0.25) is 0 Å². The van der Waals surface area contributed by atoms with E-state index in [1.165, 1.54) is 11.3 Å². The Balaban J connectivity index is 1.95. The number of carbonyl (C=O) groups excluding carboxylic acids is 1. The Kier molecular flexibility index (Phi) is 3.08. The SMILES string of the molecule is CC1CN(C(=O)c2sc3nnccc3c2N)CCO1. The summed E-state index contributed by atoms with van der Waals surface area (Å²) in [6.07, 6.45) is 1.64. The summed E-state index contributed by atoms with van der Waals surface area (Å²) >= 11 is 1.30. The van der Waals surface area contributed by atoms with Gasteiger partial charge in [0.15, 0.2) is 0 Å². The van der Waals surface area contributed by atoms with E-state index >= 15 is 0 Å². The van der Waals surface area contributed by atoms with Gasteiger partial charge in [-0.15, -0.1) is 16.4 Å². The van der Waals surface area contributed by atoms with Crippen molar-refractivity contribution in [2.75, 3.05) is 25.4 Å². The number of hydrogen-bond acceptors (Lipinski definition) is 6. The second-order valence-electron chi connectivity index (χ2n) is 4.53. The second-order valence-corrected chi connectivity index (χ2v) is 5.53. The molecule has 0 spiro atoms. The molecule has 7 heteroatoms. The Morgan fingerprint density at radius 2 is 2.47 bits per heavy atom. The number of aromatic nitrogens is 2. The summed E-state index contributed by atoms with van der Waals surface area (Å²) in [6, 6.07) is 1.78. The van der Waals surface area contributed by atoms with Crippen molar-refractivity contribution < 1.29 is 9.53 Å². The average molecular weight is 278 g/mol. The number of ether oxygens (including phenoxy) is 1. The van der Waals surface area contributed by atoms with Crippen molar-refractivity contribution in [1.82, 2.24) is 15.1 Å². The van der Waals surface area contributed by atoms with Crippen molar-refractivity contribution in [1.29, 1.82) is 0 Å². The predicted molar refractivity (Wildman–Crippen MR) is 73.1 cm³/mol. The van der Waals surface area contributed by atoms with Crippen molar-refractivity contribution in [2.45, 2.75) is 13.0 Å². The number of nitrogen functional groups attached to an aromatic ring is 1. The molecular formula is C12H14N4O2S. The number of morpholine rings is 1. The summed E-state index contributed by atoms with van der Waals surface area (Å²) in [5.41, 5.74) is 6.54. The zero-order chi connectivity index (χ0) is 13.4. The number of carbonyl (C=O) groups is 1. The van der Waals surface area contributed by atoms with Crippen LogP contribution in [0.3, 0.4) is 0 Å². The van der Waals surface area contributed by atoms with Gasteiger partial charge in [-0.05, 0) is 13.0 Å². The van der Waals surface area contributed by atoms with Crippen LogP contribution in [-0.2, 0) is 4.74 Å². The van der Waals surface area contributed by atoms with Crippen molar-refractivity contribution in [2.24, 2.45) is 0 Å². The molecule has 1 aliphatic heterocycles. The normalized spacial score (nSPS) is 19.8. The Bertz CT molecular complexity index is 627. The molecule has 0 saturated carbocycles. The zero-order valence-electron chi connectivity index (χ0n) is 10.5. The molecule has 0 radical (unpaired) electrons. The van der Waals surface area contributed by atoms with Crippen molar-refractivity contribution in [3.63, 3.8) is 0 Å². The first-order valence-electron chi connectivity index (χ1n) is 6.07. The fourth-order valence-electron chi connectivity index (χ4n) is 2.18. The van der Waals surface area contributed by atoms with Crippen molar-refractivity contribution >= 4 is 33.1 Å². The van der Waals surface area contributed by atoms with E-state index in [-0.39, 0.29) is 12.0 Å². The fourth-order valence-corrected chi connectivity index (χ4v) is 3.18. The maximum absolute atomic E-state index is 12.5. The summed E-state index contributed by atoms with van der Waals surface area (Å²) in [4.78, 5) is 15.5. The predicted octanol–water partition coefficient (Wildman–Crippen LogP) is 1.13. The summed E-state index contributed by atoms with van der Waals surface area (Å²) in [5.74, 6) is -0.0457. The van der Waals surface area contributed by atoms with Gasteiger partial charge < -0.3 is 15.4 Å². The van der Waals surface area contributed by atoms with Gasteiger partial charge in [0.25, 0.3) is 5.91 Å². The topological polar surface area (TPSA) is 81.3 Å². The smallest absolute Gasteiger partial charge is 0.266 e. The first kappa shape index (κ1) is 12.3. The van der Waals surface area contributed by atoms with Crippen LogP contribution in [0, 0.1) is 0 Å². The lowest BCUT2D eigenvalue weighted by Crippen LogP contribution is -2.44. The minimum atomic E-state index is -0.0457. The fraction of sp³-hybridized carbons (Fsp3) is 0.417. The first-order valence-corrected chi connectivity index (χ1v) is 6.89. The van der Waals surface area contributed by atoms with Gasteiger partial charge in [-0.25, -0.2) is 0 Å². The number of nitrogens with zero attached hydrogens (tertiary/aromatic N) is 3. The molecule has 2 aromatic heterocycles. The molecule has 1 atom stereocenters. The van der Waals surface area contributed by atoms with Gasteiger partial charge in [0.1, 0.15) is 9.71 Å². The molecule has 0 aliphatic carbocycles. The van der Waals surface area contributed by atoms with Gasteiger partial charge in [0, 0.05) is 18.5 Å². The van der Waals surface area contributed by atoms with E-state index in [0.29, 0.717) is 35.1 Å². The van der Waals surface area contributed by atoms with Gasteiger partial charge in [-0.2, -0.15) is 5.10 Å².